The number of H-pyrrole nitrogens is 1. The van der Waals surface area contributed by atoms with Crippen molar-refractivity contribution in [1.82, 2.24) is 25.6 Å². The molecule has 1 aromatic carbocycles. The van der Waals surface area contributed by atoms with Gasteiger partial charge in [0.05, 0.1) is 17.7 Å². The molecular formula is C26H31N5O4. The van der Waals surface area contributed by atoms with Gasteiger partial charge < -0.3 is 25.5 Å². The second kappa shape index (κ2) is 9.65. The number of aryl methyl sites for hydroxylation is 2. The summed E-state index contributed by atoms with van der Waals surface area (Å²) in [5.41, 5.74) is 5.18. The first kappa shape index (κ1) is 23.3. The topological polar surface area (TPSA) is 129 Å². The molecule has 184 valence electrons. The lowest BCUT2D eigenvalue weighted by molar-refractivity contribution is -0.124. The molecule has 2 amide bonds. The summed E-state index contributed by atoms with van der Waals surface area (Å²) in [4.78, 5) is 37.1. The van der Waals surface area contributed by atoms with E-state index in [2.05, 4.69) is 31.7 Å². The zero-order valence-corrected chi connectivity index (χ0v) is 20.1. The zero-order valence-electron chi connectivity index (χ0n) is 20.1. The average Bonchev–Trinajstić information content (AvgIpc) is 3.47. The van der Waals surface area contributed by atoms with E-state index >= 15 is 0 Å². The second-order valence-electron chi connectivity index (χ2n) is 9.73. The molecule has 2 aliphatic rings. The molecule has 2 aliphatic carbocycles. The maximum Gasteiger partial charge on any atom is 0.255 e. The van der Waals surface area contributed by atoms with Gasteiger partial charge in [0.15, 0.2) is 0 Å². The minimum atomic E-state index is -0.529. The van der Waals surface area contributed by atoms with Gasteiger partial charge in [-0.15, -0.1) is 0 Å². The number of aromatic nitrogens is 3. The van der Waals surface area contributed by atoms with E-state index in [4.69, 9.17) is 9.84 Å². The lowest BCUT2D eigenvalue weighted by atomic mass is 10.1. The summed E-state index contributed by atoms with van der Waals surface area (Å²) in [6.07, 6.45) is 6.06. The molecule has 35 heavy (non-hydrogen) atoms. The normalized spacial score (nSPS) is 19.6. The van der Waals surface area contributed by atoms with Crippen LogP contribution in [-0.4, -0.2) is 57.2 Å². The van der Waals surface area contributed by atoms with E-state index < -0.39 is 12.5 Å². The van der Waals surface area contributed by atoms with Crippen LogP contribution in [0.5, 0.6) is 5.75 Å². The quantitative estimate of drug-likeness (QED) is 0.395. The van der Waals surface area contributed by atoms with Gasteiger partial charge in [-0.3, -0.25) is 9.59 Å². The summed E-state index contributed by atoms with van der Waals surface area (Å²) in [6, 6.07) is 5.96. The Bertz CT molecular complexity index is 1270. The van der Waals surface area contributed by atoms with Gasteiger partial charge in [-0.25, -0.2) is 9.97 Å². The second-order valence-corrected chi connectivity index (χ2v) is 9.73. The minimum absolute atomic E-state index is 0.0478. The summed E-state index contributed by atoms with van der Waals surface area (Å²) >= 11 is 0. The lowest BCUT2D eigenvalue weighted by Gasteiger charge is -2.14. The van der Waals surface area contributed by atoms with Gasteiger partial charge in [-0.1, -0.05) is 11.6 Å². The van der Waals surface area contributed by atoms with Crippen LogP contribution in [0.2, 0.25) is 0 Å². The van der Waals surface area contributed by atoms with Crippen LogP contribution in [0.15, 0.2) is 24.5 Å². The molecule has 4 N–H and O–H groups in total. The molecule has 5 rings (SSSR count). The fourth-order valence-corrected chi connectivity index (χ4v) is 4.82. The van der Waals surface area contributed by atoms with E-state index in [-0.39, 0.29) is 18.0 Å². The number of rotatable bonds is 8. The van der Waals surface area contributed by atoms with Gasteiger partial charge in [0.1, 0.15) is 29.9 Å². The first-order chi connectivity index (χ1) is 16.9. The third kappa shape index (κ3) is 5.00. The Hall–Kier alpha value is -3.46. The maximum absolute atomic E-state index is 13.3. The number of amides is 2. The van der Waals surface area contributed by atoms with Crippen molar-refractivity contribution >= 4 is 22.8 Å². The fourth-order valence-electron chi connectivity index (χ4n) is 4.82. The highest BCUT2D eigenvalue weighted by Gasteiger charge is 2.29. The van der Waals surface area contributed by atoms with Crippen molar-refractivity contribution in [1.29, 1.82) is 0 Å². The molecule has 0 aliphatic heterocycles. The molecule has 0 spiro atoms. The van der Waals surface area contributed by atoms with Crippen LogP contribution in [0.1, 0.15) is 53.7 Å². The third-order valence-corrected chi connectivity index (χ3v) is 6.84. The van der Waals surface area contributed by atoms with Crippen molar-refractivity contribution in [3.05, 3.63) is 41.3 Å². The number of benzene rings is 1. The minimum Gasteiger partial charge on any atom is -0.493 e. The molecule has 2 heterocycles. The number of ether oxygens (including phenoxy) is 1. The lowest BCUT2D eigenvalue weighted by Crippen LogP contribution is -2.38. The van der Waals surface area contributed by atoms with Crippen molar-refractivity contribution < 1.29 is 19.4 Å². The molecule has 0 radical (unpaired) electrons. The molecule has 0 bridgehead atoms. The first-order valence-electron chi connectivity index (χ1n) is 12.2. The summed E-state index contributed by atoms with van der Waals surface area (Å²) in [6.45, 7) is 4.06. The molecule has 2 atom stereocenters. The number of nitrogens with one attached hydrogen (secondary N) is 3. The summed E-state index contributed by atoms with van der Waals surface area (Å²) < 4.78 is 6.14. The number of fused-ring (bicyclic) bond motifs is 1. The highest BCUT2D eigenvalue weighted by Crippen LogP contribution is 2.37. The molecule has 0 saturated heterocycles. The predicted molar refractivity (Wildman–Crippen MR) is 131 cm³/mol. The molecule has 2 aromatic heterocycles. The molecule has 9 nitrogen and oxygen atoms in total. The van der Waals surface area contributed by atoms with E-state index in [0.717, 1.165) is 35.4 Å². The molecule has 9 heteroatoms. The van der Waals surface area contributed by atoms with Crippen LogP contribution in [0, 0.1) is 19.8 Å². The number of aromatic amines is 1. The highest BCUT2D eigenvalue weighted by atomic mass is 16.5. The molecule has 3 aromatic rings. The third-order valence-electron chi connectivity index (χ3n) is 6.84. The summed E-state index contributed by atoms with van der Waals surface area (Å²) in [5, 5.41) is 14.8. The van der Waals surface area contributed by atoms with Crippen molar-refractivity contribution in [3.63, 3.8) is 0 Å². The standard InChI is InChI=1S/C26H31N5O4/c1-14-3-8-20(35-12-16-4-5-16)19(9-14)23-25-24(28-13-27-23)22(15(2)29-25)26(34)31-18-7-6-17(10-18)30-21(33)11-32/h3,8-9,13,16-18,29,32H,4-7,10-12H2,1-2H3,(H,30,33)(H,31,34)/t17-,18+/m1/s1. The first-order valence-corrected chi connectivity index (χ1v) is 12.2. The predicted octanol–water partition coefficient (Wildman–Crippen LogP) is 2.79. The van der Waals surface area contributed by atoms with Crippen molar-refractivity contribution in [2.75, 3.05) is 13.2 Å². The number of hydrogen-bond acceptors (Lipinski definition) is 6. The fraction of sp³-hybridized carbons (Fsp3) is 0.462. The summed E-state index contributed by atoms with van der Waals surface area (Å²) in [5.74, 6) is 0.815. The Morgan fingerprint density at radius 3 is 2.63 bits per heavy atom. The van der Waals surface area contributed by atoms with Crippen LogP contribution in [-0.2, 0) is 4.79 Å². The smallest absolute Gasteiger partial charge is 0.255 e. The highest BCUT2D eigenvalue weighted by molar-refractivity contribution is 6.09. The number of carbonyl (C=O) groups excluding carboxylic acids is 2. The van der Waals surface area contributed by atoms with Crippen LogP contribution in [0.3, 0.4) is 0 Å². The maximum atomic E-state index is 13.3. The van der Waals surface area contributed by atoms with E-state index in [9.17, 15) is 9.59 Å². The zero-order chi connectivity index (χ0) is 24.5. The van der Waals surface area contributed by atoms with E-state index in [1.165, 1.54) is 19.2 Å². The van der Waals surface area contributed by atoms with Gasteiger partial charge in [0, 0.05) is 23.3 Å². The number of hydrogen-bond donors (Lipinski definition) is 4. The largest absolute Gasteiger partial charge is 0.493 e. The molecule has 2 saturated carbocycles. The number of aliphatic hydroxyl groups excluding tert-OH is 1. The van der Waals surface area contributed by atoms with Crippen molar-refractivity contribution in [2.45, 2.75) is 58.0 Å². The SMILES string of the molecule is Cc1ccc(OCC2CC2)c(-c2ncnc3c(C(=O)N[C@H]4CC[C@@H](NC(=O)CO)C4)c(C)[nH]c23)c1. The Kier molecular flexibility index (Phi) is 6.42. The summed E-state index contributed by atoms with van der Waals surface area (Å²) in [7, 11) is 0. The van der Waals surface area contributed by atoms with Gasteiger partial charge in [0.25, 0.3) is 5.91 Å². The Labute approximate surface area is 203 Å². The average molecular weight is 478 g/mol. The molecule has 0 unspecified atom stereocenters. The molecular weight excluding hydrogens is 446 g/mol. The van der Waals surface area contributed by atoms with E-state index in [0.29, 0.717) is 41.2 Å². The van der Waals surface area contributed by atoms with Crippen LogP contribution in [0.4, 0.5) is 0 Å². The van der Waals surface area contributed by atoms with E-state index in [1.54, 1.807) is 0 Å². The molecule has 2 fully saturated rings. The number of aliphatic hydroxyl groups is 1. The number of nitrogens with zero attached hydrogens (tertiary/aromatic N) is 2. The Morgan fingerprint density at radius 2 is 1.89 bits per heavy atom. The van der Waals surface area contributed by atoms with Crippen LogP contribution < -0.4 is 15.4 Å². The van der Waals surface area contributed by atoms with Crippen molar-refractivity contribution in [2.24, 2.45) is 5.92 Å². The monoisotopic (exact) mass is 477 g/mol. The van der Waals surface area contributed by atoms with Gasteiger partial charge in [-0.2, -0.15) is 0 Å². The van der Waals surface area contributed by atoms with Gasteiger partial charge >= 0.3 is 0 Å². The van der Waals surface area contributed by atoms with Crippen LogP contribution in [0.25, 0.3) is 22.3 Å². The number of carbonyl (C=O) groups is 2. The van der Waals surface area contributed by atoms with Gasteiger partial charge in [0.2, 0.25) is 5.91 Å². The van der Waals surface area contributed by atoms with Crippen molar-refractivity contribution in [3.8, 4) is 17.0 Å². The Balaban J connectivity index is 1.41. The van der Waals surface area contributed by atoms with Crippen LogP contribution >= 0.6 is 0 Å². The van der Waals surface area contributed by atoms with E-state index in [1.807, 2.05) is 26.0 Å². The van der Waals surface area contributed by atoms with Gasteiger partial charge in [-0.05, 0) is 64.0 Å². The Morgan fingerprint density at radius 1 is 1.11 bits per heavy atom.